The van der Waals surface area contributed by atoms with Crippen LogP contribution in [0.3, 0.4) is 0 Å². The van der Waals surface area contributed by atoms with Gasteiger partial charge in [-0.25, -0.2) is 13.1 Å². The zero-order valence-electron chi connectivity index (χ0n) is 24.5. The van der Waals surface area contributed by atoms with Crippen molar-refractivity contribution >= 4 is 21.4 Å². The second-order valence-electron chi connectivity index (χ2n) is 10.9. The molecule has 0 spiro atoms. The lowest BCUT2D eigenvalue weighted by atomic mass is 10.1. The van der Waals surface area contributed by atoms with Gasteiger partial charge in [-0.05, 0) is 74.7 Å². The van der Waals surface area contributed by atoms with Gasteiger partial charge in [-0.2, -0.15) is 9.61 Å². The van der Waals surface area contributed by atoms with E-state index in [-0.39, 0.29) is 10.8 Å². The molecule has 12 heteroatoms. The van der Waals surface area contributed by atoms with Crippen LogP contribution in [0, 0.1) is 20.8 Å². The summed E-state index contributed by atoms with van der Waals surface area (Å²) in [6.45, 7) is 9.40. The largest absolute Gasteiger partial charge is 0.340 e. The fourth-order valence-electron chi connectivity index (χ4n) is 5.57. The molecular weight excluding hydrogens is 564 g/mol. The molecule has 2 aromatic carbocycles. The Balaban J connectivity index is 1.02. The smallest absolute Gasteiger partial charge is 0.222 e. The van der Waals surface area contributed by atoms with Gasteiger partial charge >= 0.3 is 0 Å². The van der Waals surface area contributed by atoms with Crippen molar-refractivity contribution in [3.8, 4) is 5.82 Å². The molecule has 1 fully saturated rings. The summed E-state index contributed by atoms with van der Waals surface area (Å²) in [7, 11) is -3.53. The summed E-state index contributed by atoms with van der Waals surface area (Å²) in [5, 5.41) is 17.5. The Labute approximate surface area is 250 Å². The number of nitrogens with zero attached hydrogens (tertiary/aromatic N) is 8. The maximum absolute atomic E-state index is 13.1. The number of hydrogen-bond acceptors (Lipinski definition) is 8. The van der Waals surface area contributed by atoms with E-state index in [0.717, 1.165) is 35.6 Å². The van der Waals surface area contributed by atoms with Crippen LogP contribution in [0.4, 0.5) is 0 Å². The van der Waals surface area contributed by atoms with Gasteiger partial charge < -0.3 is 4.90 Å². The number of rotatable bonds is 8. The first-order valence-corrected chi connectivity index (χ1v) is 15.8. The Morgan fingerprint density at radius 2 is 1.51 bits per heavy atom. The van der Waals surface area contributed by atoms with Crippen molar-refractivity contribution in [2.45, 2.75) is 49.9 Å². The summed E-state index contributed by atoms with van der Waals surface area (Å²) in [5.41, 5.74) is 4.64. The molecule has 1 aliphatic rings. The van der Waals surface area contributed by atoms with Crippen LogP contribution in [0.15, 0.2) is 76.5 Å². The Bertz CT molecular complexity index is 1870. The summed E-state index contributed by atoms with van der Waals surface area (Å²) < 4.78 is 29.2. The van der Waals surface area contributed by atoms with E-state index < -0.39 is 9.84 Å². The number of hydrogen-bond donors (Lipinski definition) is 0. The molecule has 222 valence electrons. The lowest BCUT2D eigenvalue weighted by Gasteiger charge is -2.35. The molecular formula is C31H34N8O3S. The highest BCUT2D eigenvalue weighted by Gasteiger charge is 2.23. The summed E-state index contributed by atoms with van der Waals surface area (Å²) >= 11 is 0. The molecule has 0 bridgehead atoms. The molecule has 4 heterocycles. The molecule has 0 N–H and O–H groups in total. The van der Waals surface area contributed by atoms with E-state index in [1.54, 1.807) is 47.0 Å². The summed E-state index contributed by atoms with van der Waals surface area (Å²) in [4.78, 5) is 17.9. The van der Waals surface area contributed by atoms with Crippen molar-refractivity contribution in [3.63, 3.8) is 0 Å². The zero-order chi connectivity index (χ0) is 30.1. The Morgan fingerprint density at radius 3 is 2.23 bits per heavy atom. The maximum Gasteiger partial charge on any atom is 0.222 e. The summed E-state index contributed by atoms with van der Waals surface area (Å²) in [6, 6.07) is 19.3. The molecule has 11 nitrogen and oxygen atoms in total. The second-order valence-corrected chi connectivity index (χ2v) is 12.8. The number of piperazine rings is 1. The van der Waals surface area contributed by atoms with E-state index in [1.165, 1.54) is 0 Å². The fraction of sp³-hybridized carbons (Fsp3) is 0.323. The lowest BCUT2D eigenvalue weighted by molar-refractivity contribution is -0.133. The first kappa shape index (κ1) is 28.7. The number of aryl methyl sites for hydroxylation is 2. The Morgan fingerprint density at radius 1 is 0.814 bits per heavy atom. The Hall–Kier alpha value is -4.42. The van der Waals surface area contributed by atoms with Gasteiger partial charge in [0.05, 0.1) is 15.5 Å². The third kappa shape index (κ3) is 5.80. The minimum Gasteiger partial charge on any atom is -0.340 e. The highest BCUT2D eigenvalue weighted by molar-refractivity contribution is 7.91. The van der Waals surface area contributed by atoms with Gasteiger partial charge in [-0.3, -0.25) is 9.69 Å². The number of carbonyl (C=O) groups excluding carboxylic acids is 1. The van der Waals surface area contributed by atoms with Crippen molar-refractivity contribution < 1.29 is 13.2 Å². The van der Waals surface area contributed by atoms with Gasteiger partial charge in [0.1, 0.15) is 0 Å². The SMILES string of the molecule is Cc1nn(-c2ccc3nnc(C)n3n2)c(C)c1CCC(=O)N1CCN(Cc2ccc(S(=O)(=O)c3ccccc3)cc2)CC1. The second kappa shape index (κ2) is 11.7. The van der Waals surface area contributed by atoms with Crippen LogP contribution >= 0.6 is 0 Å². The standard InChI is InChI=1S/C31H34N8O3S/c1-22-28(23(2)38(34-22)30-15-14-29-33-32-24(3)39(29)35-30)13-16-31(40)37-19-17-36(18-20-37)21-25-9-11-27(12-10-25)43(41,42)26-7-5-4-6-8-26/h4-12,14-15H,13,16-21H2,1-3H3. The van der Waals surface area contributed by atoms with E-state index in [2.05, 4.69) is 20.2 Å². The van der Waals surface area contributed by atoms with Crippen molar-refractivity contribution in [1.29, 1.82) is 0 Å². The average molecular weight is 599 g/mol. The average Bonchev–Trinajstić information content (AvgIpc) is 3.54. The monoisotopic (exact) mass is 598 g/mol. The normalized spacial score (nSPS) is 14.4. The minimum absolute atomic E-state index is 0.140. The van der Waals surface area contributed by atoms with E-state index in [9.17, 15) is 13.2 Å². The number of aromatic nitrogens is 6. The topological polar surface area (TPSA) is 119 Å². The number of fused-ring (bicyclic) bond motifs is 1. The quantitative estimate of drug-likeness (QED) is 0.267. The summed E-state index contributed by atoms with van der Waals surface area (Å²) in [6.07, 6.45) is 1.03. The highest BCUT2D eigenvalue weighted by Crippen LogP contribution is 2.22. The van der Waals surface area contributed by atoms with Crippen molar-refractivity contribution in [2.75, 3.05) is 26.2 Å². The molecule has 0 atom stereocenters. The third-order valence-corrected chi connectivity index (χ3v) is 9.86. The Kier molecular flexibility index (Phi) is 7.80. The molecule has 0 unspecified atom stereocenters. The van der Waals surface area contributed by atoms with Gasteiger partial charge in [0, 0.05) is 44.8 Å². The minimum atomic E-state index is -3.53. The zero-order valence-corrected chi connectivity index (χ0v) is 25.3. The van der Waals surface area contributed by atoms with Crippen LogP contribution in [0.1, 0.15) is 34.8 Å². The molecule has 5 aromatic rings. The number of amides is 1. The molecule has 0 aliphatic carbocycles. The van der Waals surface area contributed by atoms with Gasteiger partial charge in [-0.1, -0.05) is 30.3 Å². The van der Waals surface area contributed by atoms with E-state index in [4.69, 9.17) is 5.10 Å². The van der Waals surface area contributed by atoms with Crippen molar-refractivity contribution in [3.05, 3.63) is 95.1 Å². The number of benzene rings is 2. The molecule has 0 saturated carbocycles. The van der Waals surface area contributed by atoms with Gasteiger partial charge in [0.15, 0.2) is 17.3 Å². The molecule has 1 aliphatic heterocycles. The van der Waals surface area contributed by atoms with Gasteiger partial charge in [0.25, 0.3) is 0 Å². The van der Waals surface area contributed by atoms with Gasteiger partial charge in [-0.15, -0.1) is 15.3 Å². The molecule has 6 rings (SSSR count). The van der Waals surface area contributed by atoms with Crippen LogP contribution in [0.2, 0.25) is 0 Å². The molecule has 3 aromatic heterocycles. The predicted octanol–water partition coefficient (Wildman–Crippen LogP) is 3.35. The summed E-state index contributed by atoms with van der Waals surface area (Å²) in [5.74, 6) is 1.52. The molecule has 1 amide bonds. The first-order valence-electron chi connectivity index (χ1n) is 14.3. The van der Waals surface area contributed by atoms with E-state index in [1.807, 2.05) is 54.6 Å². The first-order chi connectivity index (χ1) is 20.7. The maximum atomic E-state index is 13.1. The molecule has 0 radical (unpaired) electrons. The van der Waals surface area contributed by atoms with Crippen LogP contribution in [-0.2, 0) is 27.6 Å². The number of sulfone groups is 1. The molecule has 1 saturated heterocycles. The number of carbonyl (C=O) groups is 1. The van der Waals surface area contributed by atoms with Crippen molar-refractivity contribution in [1.82, 2.24) is 39.4 Å². The predicted molar refractivity (Wildman–Crippen MR) is 161 cm³/mol. The van der Waals surface area contributed by atoms with Crippen LogP contribution < -0.4 is 0 Å². The van der Waals surface area contributed by atoms with Crippen molar-refractivity contribution in [2.24, 2.45) is 0 Å². The molecule has 43 heavy (non-hydrogen) atoms. The van der Waals surface area contributed by atoms with Crippen LogP contribution in [-0.4, -0.2) is 79.9 Å². The lowest BCUT2D eigenvalue weighted by Crippen LogP contribution is -2.48. The van der Waals surface area contributed by atoms with Crippen LogP contribution in [0.5, 0.6) is 0 Å². The van der Waals surface area contributed by atoms with Gasteiger partial charge in [0.2, 0.25) is 15.7 Å². The van der Waals surface area contributed by atoms with Crippen LogP contribution in [0.25, 0.3) is 11.5 Å². The fourth-order valence-corrected chi connectivity index (χ4v) is 6.85. The van der Waals surface area contributed by atoms with E-state index in [0.29, 0.717) is 54.7 Å². The van der Waals surface area contributed by atoms with E-state index >= 15 is 0 Å². The highest BCUT2D eigenvalue weighted by atomic mass is 32.2. The third-order valence-electron chi connectivity index (χ3n) is 8.07.